The maximum atomic E-state index is 11.2. The van der Waals surface area contributed by atoms with Crippen molar-refractivity contribution < 1.29 is 9.59 Å². The molecule has 0 bridgehead atoms. The number of rotatable bonds is 4. The van der Waals surface area contributed by atoms with Crippen LogP contribution in [0.5, 0.6) is 0 Å². The molecule has 0 fully saturated rings. The Kier molecular flexibility index (Phi) is 4.66. The minimum Gasteiger partial charge on any atom is -0.351 e. The fourth-order valence-corrected chi connectivity index (χ4v) is 1.26. The number of carbonyl (C=O) groups is 2. The molecule has 0 aliphatic rings. The van der Waals surface area contributed by atoms with E-state index < -0.39 is 6.04 Å². The normalized spacial score (nSPS) is 11.7. The molecule has 5 heteroatoms. The van der Waals surface area contributed by atoms with Gasteiger partial charge in [0.15, 0.2) is 0 Å². The largest absolute Gasteiger partial charge is 0.351 e. The van der Waals surface area contributed by atoms with Gasteiger partial charge < -0.3 is 16.4 Å². The minimum absolute atomic E-state index is 0.108. The van der Waals surface area contributed by atoms with E-state index in [1.807, 2.05) is 12.1 Å². The number of nitrogens with one attached hydrogen (secondary N) is 2. The molecule has 4 N–H and O–H groups in total. The molecule has 5 nitrogen and oxygen atoms in total. The maximum Gasteiger partial charge on any atom is 0.236 e. The van der Waals surface area contributed by atoms with Crippen molar-refractivity contribution in [2.75, 3.05) is 5.32 Å². The van der Waals surface area contributed by atoms with E-state index in [1.165, 1.54) is 6.92 Å². The number of amides is 2. The fraction of sp³-hybridized carbons (Fsp3) is 0.333. The quantitative estimate of drug-likeness (QED) is 0.714. The number of anilines is 1. The molecule has 1 rings (SSSR count). The van der Waals surface area contributed by atoms with Gasteiger partial charge in [0.05, 0.1) is 6.04 Å². The second kappa shape index (κ2) is 6.00. The van der Waals surface area contributed by atoms with Gasteiger partial charge in [-0.05, 0) is 24.6 Å². The number of carbonyl (C=O) groups excluding carboxylic acids is 2. The standard InChI is InChI=1S/C12H17N3O2/c1-8(13)12(17)14-7-10-3-5-11(6-4-10)15-9(2)16/h3-6,8H,7,13H2,1-2H3,(H,14,17)(H,15,16)/t8-/m0/s1. The van der Waals surface area contributed by atoms with Crippen molar-refractivity contribution in [2.45, 2.75) is 26.4 Å². The third-order valence-corrected chi connectivity index (χ3v) is 2.15. The van der Waals surface area contributed by atoms with Crippen LogP contribution in [0.1, 0.15) is 19.4 Å². The van der Waals surface area contributed by atoms with Crippen molar-refractivity contribution in [1.82, 2.24) is 5.32 Å². The lowest BCUT2D eigenvalue weighted by Gasteiger charge is -2.08. The van der Waals surface area contributed by atoms with Gasteiger partial charge in [0, 0.05) is 19.2 Å². The Morgan fingerprint density at radius 3 is 2.35 bits per heavy atom. The highest BCUT2D eigenvalue weighted by atomic mass is 16.2. The second-order valence-corrected chi connectivity index (χ2v) is 3.88. The van der Waals surface area contributed by atoms with Gasteiger partial charge >= 0.3 is 0 Å². The van der Waals surface area contributed by atoms with Crippen LogP contribution in [-0.4, -0.2) is 17.9 Å². The summed E-state index contributed by atoms with van der Waals surface area (Å²) >= 11 is 0. The van der Waals surface area contributed by atoms with E-state index in [4.69, 9.17) is 5.73 Å². The van der Waals surface area contributed by atoms with E-state index in [1.54, 1.807) is 19.1 Å². The molecule has 0 saturated heterocycles. The summed E-state index contributed by atoms with van der Waals surface area (Å²) in [5.74, 6) is -0.293. The zero-order valence-electron chi connectivity index (χ0n) is 9.99. The van der Waals surface area contributed by atoms with Crippen LogP contribution < -0.4 is 16.4 Å². The van der Waals surface area contributed by atoms with E-state index in [2.05, 4.69) is 10.6 Å². The van der Waals surface area contributed by atoms with Crippen molar-refractivity contribution in [3.8, 4) is 0 Å². The second-order valence-electron chi connectivity index (χ2n) is 3.88. The van der Waals surface area contributed by atoms with Gasteiger partial charge in [-0.1, -0.05) is 12.1 Å². The summed E-state index contributed by atoms with van der Waals surface area (Å²) in [6, 6.07) is 6.75. The molecular weight excluding hydrogens is 218 g/mol. The molecule has 0 aliphatic carbocycles. The van der Waals surface area contributed by atoms with E-state index in [0.717, 1.165) is 11.3 Å². The summed E-state index contributed by atoms with van der Waals surface area (Å²) in [5.41, 5.74) is 7.11. The van der Waals surface area contributed by atoms with Gasteiger partial charge in [-0.25, -0.2) is 0 Å². The summed E-state index contributed by atoms with van der Waals surface area (Å²) in [5, 5.41) is 5.38. The number of hydrogen-bond acceptors (Lipinski definition) is 3. The fourth-order valence-electron chi connectivity index (χ4n) is 1.26. The highest BCUT2D eigenvalue weighted by molar-refractivity contribution is 5.88. The molecule has 17 heavy (non-hydrogen) atoms. The number of hydrogen-bond donors (Lipinski definition) is 3. The topological polar surface area (TPSA) is 84.2 Å². The zero-order chi connectivity index (χ0) is 12.8. The molecule has 1 aromatic rings. The van der Waals surface area contributed by atoms with Crippen molar-refractivity contribution in [3.05, 3.63) is 29.8 Å². The van der Waals surface area contributed by atoms with E-state index in [9.17, 15) is 9.59 Å². The molecule has 0 saturated carbocycles. The average molecular weight is 235 g/mol. The van der Waals surface area contributed by atoms with Gasteiger partial charge in [-0.3, -0.25) is 9.59 Å². The lowest BCUT2D eigenvalue weighted by Crippen LogP contribution is -2.37. The zero-order valence-corrected chi connectivity index (χ0v) is 9.99. The van der Waals surface area contributed by atoms with Gasteiger partial charge in [-0.15, -0.1) is 0 Å². The Morgan fingerprint density at radius 2 is 1.88 bits per heavy atom. The first kappa shape index (κ1) is 13.2. The molecule has 0 radical (unpaired) electrons. The highest BCUT2D eigenvalue weighted by Gasteiger charge is 2.05. The molecule has 0 aromatic heterocycles. The van der Waals surface area contributed by atoms with Gasteiger partial charge in [0.2, 0.25) is 11.8 Å². The Balaban J connectivity index is 2.51. The van der Waals surface area contributed by atoms with Crippen LogP contribution in [0.25, 0.3) is 0 Å². The summed E-state index contributed by atoms with van der Waals surface area (Å²) in [6.07, 6.45) is 0. The van der Waals surface area contributed by atoms with E-state index in [-0.39, 0.29) is 11.8 Å². The molecule has 92 valence electrons. The first-order valence-corrected chi connectivity index (χ1v) is 5.39. The Labute approximate surface area is 100 Å². The van der Waals surface area contributed by atoms with Crippen LogP contribution in [0.15, 0.2) is 24.3 Å². The number of nitrogens with two attached hydrogens (primary N) is 1. The van der Waals surface area contributed by atoms with Crippen LogP contribution in [-0.2, 0) is 16.1 Å². The Bertz CT molecular complexity index is 399. The predicted molar refractivity (Wildman–Crippen MR) is 66.2 cm³/mol. The SMILES string of the molecule is CC(=O)Nc1ccc(CNC(=O)[C@H](C)N)cc1. The van der Waals surface area contributed by atoms with Crippen LogP contribution in [0.3, 0.4) is 0 Å². The molecule has 0 aliphatic heterocycles. The van der Waals surface area contributed by atoms with Crippen molar-refractivity contribution in [2.24, 2.45) is 5.73 Å². The number of benzene rings is 1. The van der Waals surface area contributed by atoms with Crippen LogP contribution in [0.4, 0.5) is 5.69 Å². The third-order valence-electron chi connectivity index (χ3n) is 2.15. The van der Waals surface area contributed by atoms with Crippen LogP contribution >= 0.6 is 0 Å². The monoisotopic (exact) mass is 235 g/mol. The van der Waals surface area contributed by atoms with Crippen molar-refractivity contribution >= 4 is 17.5 Å². The Morgan fingerprint density at radius 1 is 1.29 bits per heavy atom. The smallest absolute Gasteiger partial charge is 0.236 e. The third kappa shape index (κ3) is 4.65. The van der Waals surface area contributed by atoms with Gasteiger partial charge in [-0.2, -0.15) is 0 Å². The van der Waals surface area contributed by atoms with Gasteiger partial charge in [0.1, 0.15) is 0 Å². The molecule has 2 amide bonds. The first-order chi connectivity index (χ1) is 7.99. The molecule has 0 spiro atoms. The lowest BCUT2D eigenvalue weighted by molar-refractivity contribution is -0.122. The van der Waals surface area contributed by atoms with Crippen molar-refractivity contribution in [3.63, 3.8) is 0 Å². The summed E-state index contributed by atoms with van der Waals surface area (Å²) < 4.78 is 0. The van der Waals surface area contributed by atoms with Crippen molar-refractivity contribution in [1.29, 1.82) is 0 Å². The first-order valence-electron chi connectivity index (χ1n) is 5.39. The molecule has 1 atom stereocenters. The van der Waals surface area contributed by atoms with Crippen LogP contribution in [0, 0.1) is 0 Å². The van der Waals surface area contributed by atoms with Gasteiger partial charge in [0.25, 0.3) is 0 Å². The van der Waals surface area contributed by atoms with E-state index in [0.29, 0.717) is 6.54 Å². The Hall–Kier alpha value is -1.88. The van der Waals surface area contributed by atoms with E-state index >= 15 is 0 Å². The lowest BCUT2D eigenvalue weighted by atomic mass is 10.2. The summed E-state index contributed by atoms with van der Waals surface area (Å²) in [6.45, 7) is 3.52. The molecule has 0 unspecified atom stereocenters. The molecular formula is C12H17N3O2. The maximum absolute atomic E-state index is 11.2. The summed E-state index contributed by atoms with van der Waals surface area (Å²) in [4.78, 5) is 22.0. The van der Waals surface area contributed by atoms with Crippen LogP contribution in [0.2, 0.25) is 0 Å². The average Bonchev–Trinajstić information content (AvgIpc) is 2.26. The molecule has 0 heterocycles. The molecule has 1 aromatic carbocycles. The predicted octanol–water partition coefficient (Wildman–Crippen LogP) is 0.608. The summed E-state index contributed by atoms with van der Waals surface area (Å²) in [7, 11) is 0. The minimum atomic E-state index is -0.506. The highest BCUT2D eigenvalue weighted by Crippen LogP contribution is 2.09.